The molecule has 1 N–H and O–H groups in total. The van der Waals surface area contributed by atoms with Gasteiger partial charge in [0.15, 0.2) is 0 Å². The van der Waals surface area contributed by atoms with E-state index < -0.39 is 0 Å². The Morgan fingerprint density at radius 3 is 2.95 bits per heavy atom. The van der Waals surface area contributed by atoms with E-state index >= 15 is 0 Å². The highest BCUT2D eigenvalue weighted by Gasteiger charge is 2.17. The van der Waals surface area contributed by atoms with E-state index in [9.17, 15) is 0 Å². The van der Waals surface area contributed by atoms with E-state index in [0.29, 0.717) is 11.6 Å². The van der Waals surface area contributed by atoms with Gasteiger partial charge in [-0.3, -0.25) is 0 Å². The molecule has 0 spiro atoms. The van der Waals surface area contributed by atoms with E-state index in [4.69, 9.17) is 5.26 Å². The molecule has 108 valence electrons. The number of pyridine rings is 1. The second kappa shape index (κ2) is 7.25. The summed E-state index contributed by atoms with van der Waals surface area (Å²) in [5.41, 5.74) is 1.61. The zero-order valence-corrected chi connectivity index (χ0v) is 12.5. The van der Waals surface area contributed by atoms with Crippen LogP contribution >= 0.6 is 0 Å². The minimum Gasteiger partial charge on any atom is -0.355 e. The standard InChI is InChI=1S/C16H24N4/c1-3-8-20(12-15-6-4-5-7-18-15)16-10-14(11-17)9-13(2)19-16/h9-10,15,18H,3-8,12H2,1-2H3. The van der Waals surface area contributed by atoms with Crippen molar-refractivity contribution in [1.82, 2.24) is 10.3 Å². The Balaban J connectivity index is 2.14. The molecule has 0 aromatic carbocycles. The average Bonchev–Trinajstić information content (AvgIpc) is 2.47. The molecular weight excluding hydrogens is 248 g/mol. The SMILES string of the molecule is CCCN(CC1CCCCN1)c1cc(C#N)cc(C)n1. The first-order valence-electron chi connectivity index (χ1n) is 7.60. The minimum absolute atomic E-state index is 0.545. The third-order valence-electron chi connectivity index (χ3n) is 3.74. The summed E-state index contributed by atoms with van der Waals surface area (Å²) in [7, 11) is 0. The Bertz CT molecular complexity index is 472. The molecule has 0 amide bonds. The molecular formula is C16H24N4. The number of nitrogens with zero attached hydrogens (tertiary/aromatic N) is 3. The van der Waals surface area contributed by atoms with Crippen LogP contribution in [0.25, 0.3) is 0 Å². The van der Waals surface area contributed by atoms with Crippen LogP contribution in [-0.2, 0) is 0 Å². The fraction of sp³-hybridized carbons (Fsp3) is 0.625. The van der Waals surface area contributed by atoms with Crippen molar-refractivity contribution in [2.24, 2.45) is 0 Å². The predicted octanol–water partition coefficient (Wildman–Crippen LogP) is 2.62. The predicted molar refractivity (Wildman–Crippen MR) is 81.8 cm³/mol. The Morgan fingerprint density at radius 2 is 2.30 bits per heavy atom. The van der Waals surface area contributed by atoms with Crippen LogP contribution in [0.15, 0.2) is 12.1 Å². The number of aromatic nitrogens is 1. The number of aryl methyl sites for hydroxylation is 1. The van der Waals surface area contributed by atoms with Gasteiger partial charge in [-0.15, -0.1) is 0 Å². The summed E-state index contributed by atoms with van der Waals surface area (Å²) >= 11 is 0. The molecule has 2 rings (SSSR count). The van der Waals surface area contributed by atoms with Crippen LogP contribution in [0.2, 0.25) is 0 Å². The van der Waals surface area contributed by atoms with E-state index in [1.165, 1.54) is 19.3 Å². The maximum absolute atomic E-state index is 9.11. The summed E-state index contributed by atoms with van der Waals surface area (Å²) < 4.78 is 0. The molecule has 1 aromatic rings. The molecule has 1 fully saturated rings. The third kappa shape index (κ3) is 3.94. The van der Waals surface area contributed by atoms with Crippen LogP contribution < -0.4 is 10.2 Å². The van der Waals surface area contributed by atoms with Crippen molar-refractivity contribution < 1.29 is 0 Å². The minimum atomic E-state index is 0.545. The molecule has 0 aliphatic carbocycles. The van der Waals surface area contributed by atoms with Gasteiger partial charge < -0.3 is 10.2 Å². The van der Waals surface area contributed by atoms with Crippen molar-refractivity contribution in [2.75, 3.05) is 24.5 Å². The fourth-order valence-electron chi connectivity index (χ4n) is 2.79. The van der Waals surface area contributed by atoms with Gasteiger partial charge in [0.05, 0.1) is 11.6 Å². The lowest BCUT2D eigenvalue weighted by molar-refractivity contribution is 0.398. The highest BCUT2D eigenvalue weighted by molar-refractivity contribution is 5.46. The topological polar surface area (TPSA) is 52.0 Å². The van der Waals surface area contributed by atoms with Crippen molar-refractivity contribution in [3.8, 4) is 6.07 Å². The van der Waals surface area contributed by atoms with Gasteiger partial charge in [-0.2, -0.15) is 5.26 Å². The molecule has 2 heterocycles. The summed E-state index contributed by atoms with van der Waals surface area (Å²) in [4.78, 5) is 6.93. The van der Waals surface area contributed by atoms with Crippen LogP contribution in [0.4, 0.5) is 5.82 Å². The molecule has 1 aliphatic rings. The Kier molecular flexibility index (Phi) is 5.37. The van der Waals surface area contributed by atoms with Crippen molar-refractivity contribution in [1.29, 1.82) is 5.26 Å². The first kappa shape index (κ1) is 14.8. The van der Waals surface area contributed by atoms with Gasteiger partial charge in [-0.05, 0) is 44.9 Å². The number of anilines is 1. The quantitative estimate of drug-likeness (QED) is 0.895. The zero-order chi connectivity index (χ0) is 14.4. The summed E-state index contributed by atoms with van der Waals surface area (Å²) in [5.74, 6) is 0.941. The number of piperidine rings is 1. The molecule has 20 heavy (non-hydrogen) atoms. The van der Waals surface area contributed by atoms with Gasteiger partial charge in [-0.1, -0.05) is 13.3 Å². The molecule has 0 radical (unpaired) electrons. The van der Waals surface area contributed by atoms with E-state index in [2.05, 4.69) is 28.2 Å². The molecule has 1 saturated heterocycles. The van der Waals surface area contributed by atoms with E-state index in [1.807, 2.05) is 19.1 Å². The molecule has 1 atom stereocenters. The largest absolute Gasteiger partial charge is 0.355 e. The van der Waals surface area contributed by atoms with Gasteiger partial charge in [0.2, 0.25) is 0 Å². The summed E-state index contributed by atoms with van der Waals surface area (Å²) in [5, 5.41) is 12.7. The van der Waals surface area contributed by atoms with E-state index in [0.717, 1.165) is 37.6 Å². The van der Waals surface area contributed by atoms with Gasteiger partial charge in [0.25, 0.3) is 0 Å². The Labute approximate surface area is 121 Å². The van der Waals surface area contributed by atoms with Crippen molar-refractivity contribution in [3.05, 3.63) is 23.4 Å². The molecule has 0 bridgehead atoms. The van der Waals surface area contributed by atoms with Crippen LogP contribution in [0.1, 0.15) is 43.9 Å². The number of nitrogens with one attached hydrogen (secondary N) is 1. The van der Waals surface area contributed by atoms with E-state index in [-0.39, 0.29) is 0 Å². The zero-order valence-electron chi connectivity index (χ0n) is 12.5. The monoisotopic (exact) mass is 272 g/mol. The molecule has 1 aliphatic heterocycles. The smallest absolute Gasteiger partial charge is 0.130 e. The summed E-state index contributed by atoms with van der Waals surface area (Å²) in [6, 6.07) is 6.52. The summed E-state index contributed by atoms with van der Waals surface area (Å²) in [6.07, 6.45) is 4.91. The molecule has 0 saturated carbocycles. The molecule has 1 aromatic heterocycles. The first-order valence-corrected chi connectivity index (χ1v) is 7.60. The van der Waals surface area contributed by atoms with Crippen LogP contribution in [0.3, 0.4) is 0 Å². The lowest BCUT2D eigenvalue weighted by Crippen LogP contribution is -2.44. The van der Waals surface area contributed by atoms with Gasteiger partial charge in [-0.25, -0.2) is 4.98 Å². The van der Waals surface area contributed by atoms with Crippen LogP contribution in [0.5, 0.6) is 0 Å². The fourth-order valence-corrected chi connectivity index (χ4v) is 2.79. The maximum atomic E-state index is 9.11. The van der Waals surface area contributed by atoms with E-state index in [1.54, 1.807) is 0 Å². The Hall–Kier alpha value is -1.60. The Morgan fingerprint density at radius 1 is 1.45 bits per heavy atom. The lowest BCUT2D eigenvalue weighted by atomic mass is 10.0. The number of hydrogen-bond acceptors (Lipinski definition) is 4. The first-order chi connectivity index (χ1) is 9.72. The normalized spacial score (nSPS) is 18.6. The van der Waals surface area contributed by atoms with Gasteiger partial charge >= 0.3 is 0 Å². The molecule has 4 heteroatoms. The van der Waals surface area contributed by atoms with Crippen molar-refractivity contribution in [3.63, 3.8) is 0 Å². The second-order valence-corrected chi connectivity index (χ2v) is 5.56. The number of nitriles is 1. The lowest BCUT2D eigenvalue weighted by Gasteiger charge is -2.31. The van der Waals surface area contributed by atoms with Crippen LogP contribution in [-0.4, -0.2) is 30.7 Å². The van der Waals surface area contributed by atoms with Gasteiger partial charge in [0, 0.05) is 24.8 Å². The maximum Gasteiger partial charge on any atom is 0.130 e. The number of rotatable bonds is 5. The highest BCUT2D eigenvalue weighted by atomic mass is 15.2. The summed E-state index contributed by atoms with van der Waals surface area (Å²) in [6.45, 7) is 7.22. The highest BCUT2D eigenvalue weighted by Crippen LogP contribution is 2.17. The average molecular weight is 272 g/mol. The molecule has 1 unspecified atom stereocenters. The van der Waals surface area contributed by atoms with Crippen molar-refractivity contribution in [2.45, 2.75) is 45.6 Å². The van der Waals surface area contributed by atoms with Gasteiger partial charge in [0.1, 0.15) is 5.82 Å². The van der Waals surface area contributed by atoms with Crippen LogP contribution in [0, 0.1) is 18.3 Å². The third-order valence-corrected chi connectivity index (χ3v) is 3.74. The van der Waals surface area contributed by atoms with Crippen molar-refractivity contribution >= 4 is 5.82 Å². The molecule has 4 nitrogen and oxygen atoms in total. The number of hydrogen-bond donors (Lipinski definition) is 1. The second-order valence-electron chi connectivity index (χ2n) is 5.56.